The SMILES string of the molecule is Cc1c(C(N)=O)c(=O)c(-c2cccs2)c(C)n1C. The normalized spacial score (nSPS) is 10.6. The maximum absolute atomic E-state index is 12.4. The largest absolute Gasteiger partial charge is 0.365 e. The van der Waals surface area contributed by atoms with E-state index in [0.717, 1.165) is 10.6 Å². The van der Waals surface area contributed by atoms with Gasteiger partial charge in [0.05, 0.1) is 5.56 Å². The van der Waals surface area contributed by atoms with Crippen LogP contribution < -0.4 is 11.2 Å². The Morgan fingerprint density at radius 2 is 2.00 bits per heavy atom. The zero-order chi connectivity index (χ0) is 13.4. The summed E-state index contributed by atoms with van der Waals surface area (Å²) in [5.74, 6) is -0.675. The van der Waals surface area contributed by atoms with Gasteiger partial charge in [0, 0.05) is 23.3 Å². The van der Waals surface area contributed by atoms with Crippen molar-refractivity contribution in [1.29, 1.82) is 0 Å². The van der Waals surface area contributed by atoms with E-state index in [1.165, 1.54) is 11.3 Å². The zero-order valence-electron chi connectivity index (χ0n) is 10.5. The minimum Gasteiger partial charge on any atom is -0.365 e. The van der Waals surface area contributed by atoms with Crippen LogP contribution in [0.1, 0.15) is 21.7 Å². The van der Waals surface area contributed by atoms with E-state index < -0.39 is 5.91 Å². The highest BCUT2D eigenvalue weighted by atomic mass is 32.1. The molecule has 0 spiro atoms. The van der Waals surface area contributed by atoms with E-state index in [-0.39, 0.29) is 11.0 Å². The summed E-state index contributed by atoms with van der Waals surface area (Å²) in [4.78, 5) is 24.7. The number of rotatable bonds is 2. The summed E-state index contributed by atoms with van der Waals surface area (Å²) in [6, 6.07) is 3.75. The Morgan fingerprint density at radius 1 is 1.33 bits per heavy atom. The lowest BCUT2D eigenvalue weighted by Crippen LogP contribution is -2.28. The molecule has 2 N–H and O–H groups in total. The molecule has 2 aromatic rings. The fraction of sp³-hybridized carbons (Fsp3) is 0.231. The van der Waals surface area contributed by atoms with Crippen molar-refractivity contribution >= 4 is 17.2 Å². The summed E-state index contributed by atoms with van der Waals surface area (Å²) in [5.41, 5.74) is 7.11. The van der Waals surface area contributed by atoms with Crippen molar-refractivity contribution in [1.82, 2.24) is 4.57 Å². The Kier molecular flexibility index (Phi) is 3.09. The van der Waals surface area contributed by atoms with Crippen LogP contribution in [0.4, 0.5) is 0 Å². The first-order valence-electron chi connectivity index (χ1n) is 5.49. The summed E-state index contributed by atoms with van der Waals surface area (Å²) in [7, 11) is 1.83. The van der Waals surface area contributed by atoms with Crippen LogP contribution in [0, 0.1) is 13.8 Å². The van der Waals surface area contributed by atoms with E-state index in [1.54, 1.807) is 6.92 Å². The maximum atomic E-state index is 12.4. The second-order valence-electron chi connectivity index (χ2n) is 4.15. The number of hydrogen-bond acceptors (Lipinski definition) is 3. The Morgan fingerprint density at radius 3 is 2.50 bits per heavy atom. The molecule has 2 heterocycles. The highest BCUT2D eigenvalue weighted by molar-refractivity contribution is 7.13. The molecule has 2 aromatic heterocycles. The van der Waals surface area contributed by atoms with E-state index in [4.69, 9.17) is 5.73 Å². The number of primary amides is 1. The Bertz CT molecular complexity index is 669. The maximum Gasteiger partial charge on any atom is 0.254 e. The predicted molar refractivity (Wildman–Crippen MR) is 73.0 cm³/mol. The lowest BCUT2D eigenvalue weighted by Gasteiger charge is -2.15. The molecule has 0 aliphatic carbocycles. The molecule has 2 rings (SSSR count). The van der Waals surface area contributed by atoms with Gasteiger partial charge in [0.15, 0.2) is 0 Å². The number of carbonyl (C=O) groups excluding carboxylic acids is 1. The van der Waals surface area contributed by atoms with Gasteiger partial charge in [-0.25, -0.2) is 0 Å². The van der Waals surface area contributed by atoms with Crippen molar-refractivity contribution in [3.05, 3.63) is 44.7 Å². The first-order valence-corrected chi connectivity index (χ1v) is 6.37. The minimum absolute atomic E-state index is 0.0755. The average molecular weight is 262 g/mol. The van der Waals surface area contributed by atoms with Gasteiger partial charge in [-0.2, -0.15) is 0 Å². The van der Waals surface area contributed by atoms with Crippen molar-refractivity contribution in [3.8, 4) is 10.4 Å². The third kappa shape index (κ3) is 1.76. The van der Waals surface area contributed by atoms with E-state index >= 15 is 0 Å². The highest BCUT2D eigenvalue weighted by Crippen LogP contribution is 2.25. The standard InChI is InChI=1S/C13H14N2O2S/c1-7-10(9-5-4-6-18-9)12(16)11(13(14)17)8(2)15(7)3/h4-6H,1-3H3,(H2,14,17). The smallest absolute Gasteiger partial charge is 0.254 e. The molecule has 4 nitrogen and oxygen atoms in total. The molecule has 94 valence electrons. The highest BCUT2D eigenvalue weighted by Gasteiger charge is 2.20. The molecule has 0 radical (unpaired) electrons. The summed E-state index contributed by atoms with van der Waals surface area (Å²) >= 11 is 1.47. The van der Waals surface area contributed by atoms with Crippen LogP contribution >= 0.6 is 11.3 Å². The number of amides is 1. The van der Waals surface area contributed by atoms with Crippen molar-refractivity contribution in [3.63, 3.8) is 0 Å². The summed E-state index contributed by atoms with van der Waals surface area (Å²) in [6.45, 7) is 3.60. The van der Waals surface area contributed by atoms with Gasteiger partial charge in [-0.15, -0.1) is 11.3 Å². The second-order valence-corrected chi connectivity index (χ2v) is 5.10. The van der Waals surface area contributed by atoms with Crippen LogP contribution in [0.15, 0.2) is 22.3 Å². The second kappa shape index (κ2) is 4.42. The Labute approximate surface area is 109 Å². The van der Waals surface area contributed by atoms with Crippen LogP contribution in [-0.4, -0.2) is 10.5 Å². The zero-order valence-corrected chi connectivity index (χ0v) is 11.3. The fourth-order valence-corrected chi connectivity index (χ4v) is 2.86. The van der Waals surface area contributed by atoms with Crippen LogP contribution in [0.3, 0.4) is 0 Å². The number of carbonyl (C=O) groups is 1. The van der Waals surface area contributed by atoms with Crippen LogP contribution in [0.2, 0.25) is 0 Å². The quantitative estimate of drug-likeness (QED) is 0.897. The summed E-state index contributed by atoms with van der Waals surface area (Å²) in [5, 5.41) is 1.90. The van der Waals surface area contributed by atoms with Gasteiger partial charge in [-0.1, -0.05) is 6.07 Å². The fourth-order valence-electron chi connectivity index (χ4n) is 2.04. The molecule has 0 atom stereocenters. The Hall–Kier alpha value is -1.88. The van der Waals surface area contributed by atoms with Gasteiger partial charge >= 0.3 is 0 Å². The van der Waals surface area contributed by atoms with Crippen molar-refractivity contribution in [2.75, 3.05) is 0 Å². The van der Waals surface area contributed by atoms with Crippen LogP contribution in [-0.2, 0) is 7.05 Å². The van der Waals surface area contributed by atoms with Gasteiger partial charge in [-0.05, 0) is 25.3 Å². The number of aromatic nitrogens is 1. The molecule has 0 aromatic carbocycles. The van der Waals surface area contributed by atoms with Crippen molar-refractivity contribution < 1.29 is 4.79 Å². The molecule has 5 heteroatoms. The van der Waals surface area contributed by atoms with E-state index in [9.17, 15) is 9.59 Å². The number of thiophene rings is 1. The molecule has 18 heavy (non-hydrogen) atoms. The lowest BCUT2D eigenvalue weighted by atomic mass is 10.0. The Balaban J connectivity index is 2.91. The third-order valence-corrected chi connectivity index (χ3v) is 4.09. The molecular formula is C13H14N2O2S. The molecule has 0 aliphatic rings. The lowest BCUT2D eigenvalue weighted by molar-refractivity contribution is 0.0998. The molecule has 0 saturated carbocycles. The third-order valence-electron chi connectivity index (χ3n) is 3.20. The number of pyridine rings is 1. The van der Waals surface area contributed by atoms with Gasteiger partial charge in [0.2, 0.25) is 5.43 Å². The molecular weight excluding hydrogens is 248 g/mol. The van der Waals surface area contributed by atoms with E-state index in [2.05, 4.69) is 0 Å². The number of nitrogens with zero attached hydrogens (tertiary/aromatic N) is 1. The summed E-state index contributed by atoms with van der Waals surface area (Å²) < 4.78 is 1.83. The van der Waals surface area contributed by atoms with Gasteiger partial charge in [0.1, 0.15) is 5.56 Å². The molecule has 0 bridgehead atoms. The van der Waals surface area contributed by atoms with E-state index in [1.807, 2.05) is 36.1 Å². The molecule has 1 amide bonds. The van der Waals surface area contributed by atoms with E-state index in [0.29, 0.717) is 11.3 Å². The van der Waals surface area contributed by atoms with Gasteiger partial charge in [-0.3, -0.25) is 9.59 Å². The topological polar surface area (TPSA) is 65.1 Å². The van der Waals surface area contributed by atoms with Crippen LogP contribution in [0.5, 0.6) is 0 Å². The minimum atomic E-state index is -0.675. The van der Waals surface area contributed by atoms with Crippen LogP contribution in [0.25, 0.3) is 10.4 Å². The average Bonchev–Trinajstić information content (AvgIpc) is 2.79. The first kappa shape index (κ1) is 12.6. The summed E-state index contributed by atoms with van der Waals surface area (Å²) in [6.07, 6.45) is 0. The molecule has 0 fully saturated rings. The van der Waals surface area contributed by atoms with Gasteiger partial charge in [0.25, 0.3) is 5.91 Å². The van der Waals surface area contributed by atoms with Crippen molar-refractivity contribution in [2.45, 2.75) is 13.8 Å². The molecule has 0 saturated heterocycles. The number of hydrogen-bond donors (Lipinski definition) is 1. The molecule has 0 unspecified atom stereocenters. The number of nitrogens with two attached hydrogens (primary N) is 1. The van der Waals surface area contributed by atoms with Crippen molar-refractivity contribution in [2.24, 2.45) is 12.8 Å². The first-order chi connectivity index (χ1) is 8.45. The van der Waals surface area contributed by atoms with Gasteiger partial charge < -0.3 is 10.3 Å². The predicted octanol–water partition coefficient (Wildman–Crippen LogP) is 1.83. The molecule has 0 aliphatic heterocycles. The monoisotopic (exact) mass is 262 g/mol.